The maximum atomic E-state index is 13.2. The smallest absolute Gasteiger partial charge is 0.329 e. The molecular weight excluding hydrogens is 293 g/mol. The van der Waals surface area contributed by atoms with Crippen molar-refractivity contribution in [1.82, 2.24) is 4.98 Å². The van der Waals surface area contributed by atoms with Gasteiger partial charge in [-0.05, 0) is 19.4 Å². The molecule has 0 fully saturated rings. The van der Waals surface area contributed by atoms with E-state index in [0.29, 0.717) is 5.56 Å². The number of nitrogens with zero attached hydrogens (tertiary/aromatic N) is 1. The normalized spacial score (nSPS) is 12.3. The van der Waals surface area contributed by atoms with E-state index in [0.717, 1.165) is 21.1 Å². The van der Waals surface area contributed by atoms with Crippen molar-refractivity contribution in [3.63, 3.8) is 0 Å². The van der Waals surface area contributed by atoms with Crippen LogP contribution in [-0.4, -0.2) is 22.7 Å². The van der Waals surface area contributed by atoms with Gasteiger partial charge < -0.3 is 9.84 Å². The molecule has 1 N–H and O–H groups in total. The maximum absolute atomic E-state index is 13.2. The number of hydrogen-bond donors (Lipinski definition) is 1. The quantitative estimate of drug-likeness (QED) is 0.883. The minimum Gasteiger partial charge on any atom is -0.480 e. The Kier molecular flexibility index (Phi) is 5.03. The van der Waals surface area contributed by atoms with Crippen LogP contribution in [0.3, 0.4) is 0 Å². The Morgan fingerprint density at radius 3 is 2.67 bits per heavy atom. The van der Waals surface area contributed by atoms with Gasteiger partial charge in [0.15, 0.2) is 0 Å². The summed E-state index contributed by atoms with van der Waals surface area (Å²) in [7, 11) is 0. The molecule has 4 nitrogen and oxygen atoms in total. The fourth-order valence-electron chi connectivity index (χ4n) is 1.81. The number of ether oxygens (including phenoxy) is 1. The molecule has 0 amide bonds. The van der Waals surface area contributed by atoms with Gasteiger partial charge in [0.25, 0.3) is 0 Å². The minimum atomic E-state index is -0.992. The molecule has 0 aliphatic rings. The van der Waals surface area contributed by atoms with Crippen LogP contribution in [-0.2, 0) is 16.1 Å². The summed E-state index contributed by atoms with van der Waals surface area (Å²) in [5.41, 5.74) is 2.37. The molecule has 1 atom stereocenters. The van der Waals surface area contributed by atoms with Crippen molar-refractivity contribution in [1.29, 1.82) is 0 Å². The number of aryl methyl sites for hydroxylation is 1. The van der Waals surface area contributed by atoms with Gasteiger partial charge in [-0.15, -0.1) is 11.3 Å². The van der Waals surface area contributed by atoms with Crippen molar-refractivity contribution < 1.29 is 19.0 Å². The first-order valence-corrected chi connectivity index (χ1v) is 7.29. The third-order valence-corrected chi connectivity index (χ3v) is 4.15. The summed E-state index contributed by atoms with van der Waals surface area (Å²) in [4.78, 5) is 15.8. The summed E-state index contributed by atoms with van der Waals surface area (Å²) in [5.74, 6) is -0.992. The Labute approximate surface area is 126 Å². The number of carboxylic acid groups (broad SMARTS) is 1. The first-order valence-electron chi connectivity index (χ1n) is 6.47. The Morgan fingerprint density at radius 1 is 1.43 bits per heavy atom. The molecule has 0 bridgehead atoms. The average Bonchev–Trinajstić information content (AvgIpc) is 2.80. The topological polar surface area (TPSA) is 59.4 Å². The summed E-state index contributed by atoms with van der Waals surface area (Å²) >= 11 is 1.46. The molecule has 2 rings (SSSR count). The lowest BCUT2D eigenvalue weighted by atomic mass is 10.1. The summed E-state index contributed by atoms with van der Waals surface area (Å²) in [5, 5.41) is 9.37. The molecule has 112 valence electrons. The largest absolute Gasteiger partial charge is 0.480 e. The fourth-order valence-corrected chi connectivity index (χ4v) is 2.81. The van der Waals surface area contributed by atoms with E-state index in [1.54, 1.807) is 12.1 Å². The number of hydrogen-bond acceptors (Lipinski definition) is 4. The number of carboxylic acids is 1. The van der Waals surface area contributed by atoms with Crippen LogP contribution in [0.5, 0.6) is 0 Å². The van der Waals surface area contributed by atoms with Crippen molar-refractivity contribution in [2.24, 2.45) is 0 Å². The lowest BCUT2D eigenvalue weighted by molar-refractivity contribution is -0.142. The number of rotatable bonds is 6. The van der Waals surface area contributed by atoms with Crippen LogP contribution in [0.15, 0.2) is 24.3 Å². The van der Waals surface area contributed by atoms with Crippen LogP contribution in [0.2, 0.25) is 0 Å². The second-order valence-electron chi connectivity index (χ2n) is 4.65. The summed E-state index contributed by atoms with van der Waals surface area (Å²) in [6, 6.07) is 7.17. The van der Waals surface area contributed by atoms with Gasteiger partial charge in [0.1, 0.15) is 17.8 Å². The van der Waals surface area contributed by atoms with E-state index < -0.39 is 12.1 Å². The minimum absolute atomic E-state index is 0.232. The van der Waals surface area contributed by atoms with E-state index in [9.17, 15) is 9.18 Å². The van der Waals surface area contributed by atoms with Gasteiger partial charge in [-0.1, -0.05) is 24.3 Å². The Morgan fingerprint density at radius 2 is 2.10 bits per heavy atom. The van der Waals surface area contributed by atoms with Crippen molar-refractivity contribution in [2.45, 2.75) is 26.6 Å². The molecule has 1 aromatic carbocycles. The van der Waals surface area contributed by atoms with Crippen molar-refractivity contribution in [2.75, 3.05) is 6.61 Å². The van der Waals surface area contributed by atoms with Crippen LogP contribution in [0.25, 0.3) is 10.6 Å². The van der Waals surface area contributed by atoms with E-state index in [1.807, 2.05) is 19.1 Å². The summed E-state index contributed by atoms with van der Waals surface area (Å²) in [6.45, 7) is 3.27. The number of aromatic nitrogens is 1. The second-order valence-corrected chi connectivity index (χ2v) is 5.74. The molecule has 1 heterocycles. The molecule has 21 heavy (non-hydrogen) atoms. The Balaban J connectivity index is 2.12. The molecule has 0 radical (unpaired) electrons. The molecule has 2 aromatic rings. The van der Waals surface area contributed by atoms with Crippen molar-refractivity contribution in [3.05, 3.63) is 40.4 Å². The zero-order chi connectivity index (χ0) is 15.4. The lowest BCUT2D eigenvalue weighted by Gasteiger charge is -2.02. The van der Waals surface area contributed by atoms with E-state index in [2.05, 4.69) is 4.98 Å². The number of carbonyl (C=O) groups is 1. The maximum Gasteiger partial charge on any atom is 0.329 e. The average molecular weight is 309 g/mol. The zero-order valence-electron chi connectivity index (χ0n) is 11.8. The highest BCUT2D eigenvalue weighted by Gasteiger charge is 2.11. The van der Waals surface area contributed by atoms with Crippen LogP contribution in [0.1, 0.15) is 29.2 Å². The van der Waals surface area contributed by atoms with Crippen molar-refractivity contribution in [3.8, 4) is 10.6 Å². The first-order chi connectivity index (χ1) is 9.97. The van der Waals surface area contributed by atoms with Gasteiger partial charge in [-0.2, -0.15) is 0 Å². The zero-order valence-corrected chi connectivity index (χ0v) is 12.6. The highest BCUT2D eigenvalue weighted by molar-refractivity contribution is 7.15. The number of benzene rings is 1. The number of thiazole rings is 1. The van der Waals surface area contributed by atoms with Gasteiger partial charge in [0.05, 0.1) is 17.2 Å². The van der Waals surface area contributed by atoms with Crippen molar-refractivity contribution >= 4 is 17.3 Å². The van der Waals surface area contributed by atoms with Gasteiger partial charge in [0, 0.05) is 5.56 Å². The summed E-state index contributed by atoms with van der Waals surface area (Å²) in [6.07, 6.45) is -0.989. The van der Waals surface area contributed by atoms with E-state index in [4.69, 9.17) is 9.84 Å². The SMILES string of the molecule is Cc1nc(-c2ccc(C(C)F)cc2)sc1COCC(=O)O. The van der Waals surface area contributed by atoms with E-state index in [-0.39, 0.29) is 13.2 Å². The number of halogens is 1. The van der Waals surface area contributed by atoms with Crippen LogP contribution in [0.4, 0.5) is 4.39 Å². The van der Waals surface area contributed by atoms with Gasteiger partial charge >= 0.3 is 5.97 Å². The Hall–Kier alpha value is -1.79. The van der Waals surface area contributed by atoms with Gasteiger partial charge in [0.2, 0.25) is 0 Å². The Bertz CT molecular complexity index is 622. The third-order valence-electron chi connectivity index (χ3n) is 2.97. The molecule has 0 saturated heterocycles. The number of alkyl halides is 1. The molecule has 6 heteroatoms. The van der Waals surface area contributed by atoms with Gasteiger partial charge in [-0.3, -0.25) is 0 Å². The highest BCUT2D eigenvalue weighted by Crippen LogP contribution is 2.29. The molecule has 0 aliphatic carbocycles. The van der Waals surface area contributed by atoms with Crippen LogP contribution in [0, 0.1) is 6.92 Å². The lowest BCUT2D eigenvalue weighted by Crippen LogP contribution is -2.06. The molecule has 1 unspecified atom stereocenters. The monoisotopic (exact) mass is 309 g/mol. The molecule has 1 aromatic heterocycles. The van der Waals surface area contributed by atoms with Crippen LogP contribution >= 0.6 is 11.3 Å². The first kappa shape index (κ1) is 15.6. The predicted molar refractivity (Wildman–Crippen MR) is 79.1 cm³/mol. The molecule has 0 spiro atoms. The summed E-state index contributed by atoms with van der Waals surface area (Å²) < 4.78 is 18.2. The second kappa shape index (κ2) is 6.78. The van der Waals surface area contributed by atoms with Gasteiger partial charge in [-0.25, -0.2) is 14.2 Å². The molecular formula is C15H16FNO3S. The van der Waals surface area contributed by atoms with Crippen LogP contribution < -0.4 is 0 Å². The molecule has 0 saturated carbocycles. The third kappa shape index (κ3) is 4.09. The highest BCUT2D eigenvalue weighted by atomic mass is 32.1. The number of aliphatic carboxylic acids is 1. The standard InChI is InChI=1S/C15H16FNO3S/c1-9(16)11-3-5-12(6-4-11)15-17-10(2)13(21-15)7-20-8-14(18)19/h3-6,9H,7-8H2,1-2H3,(H,18,19). The fraction of sp³-hybridized carbons (Fsp3) is 0.333. The van der Waals surface area contributed by atoms with E-state index >= 15 is 0 Å². The van der Waals surface area contributed by atoms with E-state index in [1.165, 1.54) is 18.3 Å². The predicted octanol–water partition coefficient (Wildman–Crippen LogP) is 3.75. The molecule has 0 aliphatic heterocycles.